The lowest BCUT2D eigenvalue weighted by Crippen LogP contribution is -2.12. The average molecular weight is 330 g/mol. The van der Waals surface area contributed by atoms with Crippen molar-refractivity contribution in [2.75, 3.05) is 12.4 Å². The van der Waals surface area contributed by atoms with Gasteiger partial charge in [-0.2, -0.15) is 0 Å². The molecule has 0 aliphatic heterocycles. The van der Waals surface area contributed by atoms with E-state index in [0.29, 0.717) is 17.2 Å². The monoisotopic (exact) mass is 330 g/mol. The zero-order valence-corrected chi connectivity index (χ0v) is 13.6. The number of benzene rings is 1. The number of anilines is 1. The first kappa shape index (κ1) is 15.2. The summed E-state index contributed by atoms with van der Waals surface area (Å²) in [6, 6.07) is 6.83. The number of nitrogens with zero attached hydrogens (tertiary/aromatic N) is 3. The Bertz CT molecular complexity index is 856. The Morgan fingerprint density at radius 2 is 2.13 bits per heavy atom. The summed E-state index contributed by atoms with van der Waals surface area (Å²) in [7, 11) is 1.54. The molecule has 0 aliphatic rings. The number of ether oxygens (including phenoxy) is 1. The predicted octanol–water partition coefficient (Wildman–Crippen LogP) is 3.07. The van der Waals surface area contributed by atoms with Crippen molar-refractivity contribution in [2.24, 2.45) is 0 Å². The van der Waals surface area contributed by atoms with Crippen molar-refractivity contribution in [3.63, 3.8) is 0 Å². The molecule has 0 saturated heterocycles. The van der Waals surface area contributed by atoms with Gasteiger partial charge < -0.3 is 9.15 Å². The highest BCUT2D eigenvalue weighted by Crippen LogP contribution is 2.29. The largest absolute Gasteiger partial charge is 0.497 e. The Morgan fingerprint density at radius 3 is 2.83 bits per heavy atom. The Labute approximate surface area is 136 Å². The molecule has 8 heteroatoms. The van der Waals surface area contributed by atoms with Gasteiger partial charge >= 0.3 is 6.01 Å². The van der Waals surface area contributed by atoms with Gasteiger partial charge in [-0.1, -0.05) is 11.2 Å². The second-order valence-corrected chi connectivity index (χ2v) is 5.95. The highest BCUT2D eigenvalue weighted by atomic mass is 32.1. The smallest absolute Gasteiger partial charge is 0.322 e. The minimum Gasteiger partial charge on any atom is -0.497 e. The molecule has 0 atom stereocenters. The molecule has 0 spiro atoms. The molecule has 2 aromatic heterocycles. The van der Waals surface area contributed by atoms with Crippen molar-refractivity contribution >= 4 is 23.3 Å². The van der Waals surface area contributed by atoms with E-state index in [0.717, 1.165) is 15.6 Å². The normalized spacial score (nSPS) is 10.6. The summed E-state index contributed by atoms with van der Waals surface area (Å²) < 4.78 is 10.6. The lowest BCUT2D eigenvalue weighted by molar-refractivity contribution is 0.102. The molecule has 1 aromatic carbocycles. The van der Waals surface area contributed by atoms with Gasteiger partial charge in [-0.25, -0.2) is 4.98 Å². The first-order chi connectivity index (χ1) is 11.1. The first-order valence-electron chi connectivity index (χ1n) is 6.80. The Hall–Kier alpha value is -2.74. The number of amides is 1. The number of hydrogen-bond donors (Lipinski definition) is 1. The fraction of sp³-hybridized carbons (Fsp3) is 0.200. The third-order valence-corrected chi connectivity index (χ3v) is 4.14. The maximum atomic E-state index is 12.2. The zero-order chi connectivity index (χ0) is 16.4. The van der Waals surface area contributed by atoms with Gasteiger partial charge in [0.05, 0.1) is 17.8 Å². The van der Waals surface area contributed by atoms with Crippen LogP contribution in [0.2, 0.25) is 0 Å². The lowest BCUT2D eigenvalue weighted by Gasteiger charge is -2.03. The summed E-state index contributed by atoms with van der Waals surface area (Å²) in [4.78, 5) is 17.3. The number of rotatable bonds is 4. The minimum absolute atomic E-state index is 0.0401. The first-order valence-corrected chi connectivity index (χ1v) is 7.62. The SMILES string of the molecule is COc1cccc(C(=O)Nc2nnc(-c3sc(C)nc3C)o2)c1. The van der Waals surface area contributed by atoms with Crippen LogP contribution in [0.4, 0.5) is 6.01 Å². The van der Waals surface area contributed by atoms with Gasteiger partial charge in [-0.05, 0) is 32.0 Å². The molecule has 0 unspecified atom stereocenters. The number of aromatic nitrogens is 3. The Morgan fingerprint density at radius 1 is 1.30 bits per heavy atom. The summed E-state index contributed by atoms with van der Waals surface area (Å²) in [6.45, 7) is 3.78. The van der Waals surface area contributed by atoms with Crippen LogP contribution in [0.25, 0.3) is 10.8 Å². The van der Waals surface area contributed by atoms with E-state index < -0.39 is 0 Å². The van der Waals surface area contributed by atoms with Gasteiger partial charge in [0.1, 0.15) is 10.6 Å². The van der Waals surface area contributed by atoms with Gasteiger partial charge in [0.25, 0.3) is 11.8 Å². The maximum absolute atomic E-state index is 12.2. The molecule has 0 aliphatic carbocycles. The molecular formula is C15H14N4O3S. The molecule has 0 radical (unpaired) electrons. The second kappa shape index (κ2) is 6.17. The molecule has 23 heavy (non-hydrogen) atoms. The van der Waals surface area contributed by atoms with Gasteiger partial charge in [0.2, 0.25) is 0 Å². The van der Waals surface area contributed by atoms with Gasteiger partial charge in [-0.15, -0.1) is 16.4 Å². The standard InChI is InChI=1S/C15H14N4O3S/c1-8-12(23-9(2)16-8)14-18-19-15(22-14)17-13(20)10-5-4-6-11(7-10)21-3/h4-7H,1-3H3,(H,17,19,20). The van der Waals surface area contributed by atoms with Crippen molar-refractivity contribution in [3.8, 4) is 16.5 Å². The number of methoxy groups -OCH3 is 1. The van der Waals surface area contributed by atoms with Crippen molar-refractivity contribution in [3.05, 3.63) is 40.5 Å². The number of carbonyl (C=O) groups excluding carboxylic acids is 1. The fourth-order valence-corrected chi connectivity index (χ4v) is 2.87. The van der Waals surface area contributed by atoms with E-state index in [1.165, 1.54) is 11.3 Å². The fourth-order valence-electron chi connectivity index (χ4n) is 2.03. The van der Waals surface area contributed by atoms with Crippen LogP contribution in [0.3, 0.4) is 0 Å². The van der Waals surface area contributed by atoms with E-state index in [9.17, 15) is 4.79 Å². The van der Waals surface area contributed by atoms with E-state index >= 15 is 0 Å². The third kappa shape index (κ3) is 3.21. The van der Waals surface area contributed by atoms with Gasteiger partial charge in [0, 0.05) is 5.56 Å². The second-order valence-electron chi connectivity index (χ2n) is 4.75. The zero-order valence-electron chi connectivity index (χ0n) is 12.8. The van der Waals surface area contributed by atoms with Crippen LogP contribution >= 0.6 is 11.3 Å². The molecular weight excluding hydrogens is 316 g/mol. The highest BCUT2D eigenvalue weighted by Gasteiger charge is 2.16. The van der Waals surface area contributed by atoms with Crippen LogP contribution in [0.1, 0.15) is 21.1 Å². The number of aryl methyl sites for hydroxylation is 2. The summed E-state index contributed by atoms with van der Waals surface area (Å²) in [5, 5.41) is 11.3. The van der Waals surface area contributed by atoms with Gasteiger partial charge in [-0.3, -0.25) is 10.1 Å². The molecule has 1 N–H and O–H groups in total. The molecule has 0 bridgehead atoms. The summed E-state index contributed by atoms with van der Waals surface area (Å²) >= 11 is 1.46. The molecule has 3 rings (SSSR count). The molecule has 118 valence electrons. The molecule has 7 nitrogen and oxygen atoms in total. The maximum Gasteiger partial charge on any atom is 0.322 e. The van der Waals surface area contributed by atoms with Gasteiger partial charge in [0.15, 0.2) is 0 Å². The quantitative estimate of drug-likeness (QED) is 0.790. The lowest BCUT2D eigenvalue weighted by atomic mass is 10.2. The van der Waals surface area contributed by atoms with Crippen molar-refractivity contribution in [1.82, 2.24) is 15.2 Å². The van der Waals surface area contributed by atoms with E-state index in [-0.39, 0.29) is 11.9 Å². The molecule has 2 heterocycles. The number of hydrogen-bond acceptors (Lipinski definition) is 7. The third-order valence-electron chi connectivity index (χ3n) is 3.08. The summed E-state index contributed by atoms with van der Waals surface area (Å²) in [5.41, 5.74) is 1.26. The van der Waals surface area contributed by atoms with Crippen molar-refractivity contribution < 1.29 is 13.9 Å². The van der Waals surface area contributed by atoms with Crippen LogP contribution in [0, 0.1) is 13.8 Å². The van der Waals surface area contributed by atoms with Crippen molar-refractivity contribution in [1.29, 1.82) is 0 Å². The predicted molar refractivity (Wildman–Crippen MR) is 85.8 cm³/mol. The summed E-state index contributed by atoms with van der Waals surface area (Å²) in [6.07, 6.45) is 0. The van der Waals surface area contributed by atoms with Crippen molar-refractivity contribution in [2.45, 2.75) is 13.8 Å². The van der Waals surface area contributed by atoms with E-state index in [2.05, 4.69) is 20.5 Å². The molecule has 1 amide bonds. The highest BCUT2D eigenvalue weighted by molar-refractivity contribution is 7.15. The number of carbonyl (C=O) groups is 1. The number of nitrogens with one attached hydrogen (secondary N) is 1. The molecule has 3 aromatic rings. The van der Waals surface area contributed by atoms with Crippen LogP contribution < -0.4 is 10.1 Å². The van der Waals surface area contributed by atoms with Crippen LogP contribution in [-0.4, -0.2) is 28.2 Å². The van der Waals surface area contributed by atoms with E-state index in [1.54, 1.807) is 31.4 Å². The average Bonchev–Trinajstić information content (AvgIpc) is 3.13. The Balaban J connectivity index is 1.78. The van der Waals surface area contributed by atoms with E-state index in [4.69, 9.17) is 9.15 Å². The number of thiazole rings is 1. The molecule has 0 saturated carbocycles. The van der Waals surface area contributed by atoms with Crippen LogP contribution in [-0.2, 0) is 0 Å². The molecule has 0 fully saturated rings. The Kier molecular flexibility index (Phi) is 4.07. The van der Waals surface area contributed by atoms with Crippen LogP contribution in [0.15, 0.2) is 28.7 Å². The minimum atomic E-state index is -0.351. The topological polar surface area (TPSA) is 90.1 Å². The van der Waals surface area contributed by atoms with E-state index in [1.807, 2.05) is 13.8 Å². The summed E-state index contributed by atoms with van der Waals surface area (Å²) in [5.74, 6) is 0.588. The van der Waals surface area contributed by atoms with Crippen LogP contribution in [0.5, 0.6) is 5.75 Å².